The summed E-state index contributed by atoms with van der Waals surface area (Å²) in [5, 5.41) is 13.4. The molecule has 0 aromatic carbocycles. The van der Waals surface area contributed by atoms with E-state index < -0.39 is 0 Å². The van der Waals surface area contributed by atoms with Gasteiger partial charge in [-0.15, -0.1) is 10.2 Å². The van der Waals surface area contributed by atoms with Crippen molar-refractivity contribution in [1.29, 1.82) is 0 Å². The van der Waals surface area contributed by atoms with Crippen LogP contribution in [0.15, 0.2) is 12.1 Å². The van der Waals surface area contributed by atoms with E-state index in [2.05, 4.69) is 20.8 Å². The summed E-state index contributed by atoms with van der Waals surface area (Å²) in [6, 6.07) is 2.99. The molecule has 1 aromatic heterocycles. The third kappa shape index (κ3) is 2.98. The fourth-order valence-electron chi connectivity index (χ4n) is 1.92. The van der Waals surface area contributed by atoms with Gasteiger partial charge in [0.25, 0.3) is 5.91 Å². The second kappa shape index (κ2) is 5.64. The third-order valence-electron chi connectivity index (χ3n) is 2.98. The van der Waals surface area contributed by atoms with E-state index in [4.69, 9.17) is 0 Å². The van der Waals surface area contributed by atoms with Crippen molar-refractivity contribution >= 4 is 17.6 Å². The summed E-state index contributed by atoms with van der Waals surface area (Å²) in [7, 11) is 1.77. The molecule has 0 saturated carbocycles. The number of aromatic nitrogens is 2. The van der Waals surface area contributed by atoms with Crippen molar-refractivity contribution in [3.63, 3.8) is 0 Å². The molecule has 2 rings (SSSR count). The molecule has 0 bridgehead atoms. The first-order valence-electron chi connectivity index (χ1n) is 6.25. The van der Waals surface area contributed by atoms with E-state index in [-0.39, 0.29) is 23.6 Å². The Morgan fingerprint density at radius 3 is 2.79 bits per heavy atom. The molecule has 0 radical (unpaired) electrons. The molecule has 1 aliphatic rings. The molecular weight excluding hydrogens is 246 g/mol. The third-order valence-corrected chi connectivity index (χ3v) is 2.98. The van der Waals surface area contributed by atoms with Gasteiger partial charge in [0.05, 0.1) is 0 Å². The van der Waals surface area contributed by atoms with Crippen LogP contribution in [0.5, 0.6) is 0 Å². The van der Waals surface area contributed by atoms with Crippen molar-refractivity contribution in [2.24, 2.45) is 0 Å². The number of hydrogen-bond donors (Lipinski definition) is 2. The first-order valence-corrected chi connectivity index (χ1v) is 6.25. The molecule has 0 aliphatic carbocycles. The molecule has 1 saturated heterocycles. The number of likely N-dealkylation sites (N-methyl/N-ethyl adjacent to an activating group) is 1. The van der Waals surface area contributed by atoms with Gasteiger partial charge in [0.1, 0.15) is 11.9 Å². The van der Waals surface area contributed by atoms with E-state index in [9.17, 15) is 9.59 Å². The first kappa shape index (κ1) is 13.3. The molecule has 1 aromatic rings. The maximum atomic E-state index is 11.7. The molecule has 1 unspecified atom stereocenters. The van der Waals surface area contributed by atoms with Gasteiger partial charge in [-0.1, -0.05) is 0 Å². The molecule has 2 amide bonds. The van der Waals surface area contributed by atoms with Gasteiger partial charge in [0, 0.05) is 20.1 Å². The number of carbonyl (C=O) groups is 2. The molecular formula is C12H17N5O2. The van der Waals surface area contributed by atoms with Crippen molar-refractivity contribution in [2.45, 2.75) is 19.4 Å². The summed E-state index contributed by atoms with van der Waals surface area (Å²) in [6.07, 6.45) is 0.745. The molecule has 102 valence electrons. The van der Waals surface area contributed by atoms with Gasteiger partial charge in [-0.05, 0) is 25.5 Å². The summed E-state index contributed by atoms with van der Waals surface area (Å²) in [5.74, 6) is 0.300. The van der Waals surface area contributed by atoms with Crippen LogP contribution in [-0.4, -0.2) is 53.1 Å². The van der Waals surface area contributed by atoms with Gasteiger partial charge in [-0.25, -0.2) is 0 Å². The van der Waals surface area contributed by atoms with Crippen LogP contribution in [0.1, 0.15) is 23.8 Å². The van der Waals surface area contributed by atoms with E-state index in [0.717, 1.165) is 13.0 Å². The lowest BCUT2D eigenvalue weighted by Crippen LogP contribution is -2.31. The summed E-state index contributed by atoms with van der Waals surface area (Å²) in [5.41, 5.74) is 0.266. The van der Waals surface area contributed by atoms with Crippen LogP contribution < -0.4 is 10.6 Å². The van der Waals surface area contributed by atoms with Gasteiger partial charge in [0.2, 0.25) is 5.91 Å². The molecule has 2 heterocycles. The average Bonchev–Trinajstić information content (AvgIpc) is 2.72. The topological polar surface area (TPSA) is 87.2 Å². The SMILES string of the molecule is CCNC(=O)c1ccc(NC2CCN(C)C2=O)nn1. The molecule has 1 atom stereocenters. The van der Waals surface area contributed by atoms with Crippen LogP contribution in [0.3, 0.4) is 0 Å². The Balaban J connectivity index is 1.99. The number of amides is 2. The molecule has 7 heteroatoms. The quantitative estimate of drug-likeness (QED) is 0.790. The van der Waals surface area contributed by atoms with Crippen molar-refractivity contribution in [3.05, 3.63) is 17.8 Å². The number of nitrogens with zero attached hydrogens (tertiary/aromatic N) is 3. The fraction of sp³-hybridized carbons (Fsp3) is 0.500. The second-order valence-corrected chi connectivity index (χ2v) is 4.41. The minimum atomic E-state index is -0.255. The van der Waals surface area contributed by atoms with Gasteiger partial charge >= 0.3 is 0 Å². The highest BCUT2D eigenvalue weighted by atomic mass is 16.2. The molecule has 1 fully saturated rings. The lowest BCUT2D eigenvalue weighted by molar-refractivity contribution is -0.127. The maximum absolute atomic E-state index is 11.7. The Morgan fingerprint density at radius 2 is 2.26 bits per heavy atom. The van der Waals surface area contributed by atoms with Gasteiger partial charge in [-0.3, -0.25) is 9.59 Å². The van der Waals surface area contributed by atoms with E-state index in [1.807, 2.05) is 6.92 Å². The zero-order valence-electron chi connectivity index (χ0n) is 11.0. The summed E-state index contributed by atoms with van der Waals surface area (Å²) in [6.45, 7) is 3.12. The average molecular weight is 263 g/mol. The molecule has 19 heavy (non-hydrogen) atoms. The highest BCUT2D eigenvalue weighted by Crippen LogP contribution is 2.13. The van der Waals surface area contributed by atoms with Gasteiger partial charge in [-0.2, -0.15) is 0 Å². The van der Waals surface area contributed by atoms with Crippen molar-refractivity contribution in [1.82, 2.24) is 20.4 Å². The predicted octanol–water partition coefficient (Wildman–Crippen LogP) is -0.131. The Hall–Kier alpha value is -2.18. The monoisotopic (exact) mass is 263 g/mol. The number of rotatable bonds is 4. The van der Waals surface area contributed by atoms with Gasteiger partial charge in [0.15, 0.2) is 5.69 Å². The van der Waals surface area contributed by atoms with Crippen LogP contribution in [0.2, 0.25) is 0 Å². The Labute approximate surface area is 111 Å². The van der Waals surface area contributed by atoms with Crippen molar-refractivity contribution in [2.75, 3.05) is 25.5 Å². The van der Waals surface area contributed by atoms with Crippen LogP contribution in [0.4, 0.5) is 5.82 Å². The van der Waals surface area contributed by atoms with Crippen LogP contribution in [0.25, 0.3) is 0 Å². The number of anilines is 1. The summed E-state index contributed by atoms with van der Waals surface area (Å²) < 4.78 is 0. The van der Waals surface area contributed by atoms with Crippen molar-refractivity contribution in [3.8, 4) is 0 Å². The minimum Gasteiger partial charge on any atom is -0.357 e. The normalized spacial score (nSPS) is 18.5. The number of hydrogen-bond acceptors (Lipinski definition) is 5. The minimum absolute atomic E-state index is 0.0506. The van der Waals surface area contributed by atoms with E-state index in [0.29, 0.717) is 12.4 Å². The Morgan fingerprint density at radius 1 is 1.47 bits per heavy atom. The largest absolute Gasteiger partial charge is 0.357 e. The van der Waals surface area contributed by atoms with Gasteiger partial charge < -0.3 is 15.5 Å². The van der Waals surface area contributed by atoms with E-state index in [1.165, 1.54) is 0 Å². The molecule has 1 aliphatic heterocycles. The van der Waals surface area contributed by atoms with Crippen LogP contribution >= 0.6 is 0 Å². The Kier molecular flexibility index (Phi) is 3.94. The highest BCUT2D eigenvalue weighted by molar-refractivity contribution is 5.92. The molecule has 0 spiro atoms. The Bertz CT molecular complexity index is 474. The van der Waals surface area contributed by atoms with E-state index in [1.54, 1.807) is 24.1 Å². The smallest absolute Gasteiger partial charge is 0.271 e. The standard InChI is InChI=1S/C12H17N5O2/c1-3-13-11(18)8-4-5-10(16-15-8)14-9-6-7-17(2)12(9)19/h4-5,9H,3,6-7H2,1-2H3,(H,13,18)(H,14,16). The number of carbonyl (C=O) groups excluding carboxylic acids is 2. The second-order valence-electron chi connectivity index (χ2n) is 4.41. The number of nitrogens with one attached hydrogen (secondary N) is 2. The molecule has 2 N–H and O–H groups in total. The fourth-order valence-corrected chi connectivity index (χ4v) is 1.92. The predicted molar refractivity (Wildman–Crippen MR) is 69.7 cm³/mol. The highest BCUT2D eigenvalue weighted by Gasteiger charge is 2.29. The summed E-state index contributed by atoms with van der Waals surface area (Å²) in [4.78, 5) is 24.9. The number of likely N-dealkylation sites (tertiary alicyclic amines) is 1. The van der Waals surface area contributed by atoms with Crippen LogP contribution in [-0.2, 0) is 4.79 Å². The zero-order valence-corrected chi connectivity index (χ0v) is 11.0. The van der Waals surface area contributed by atoms with Crippen molar-refractivity contribution < 1.29 is 9.59 Å². The lowest BCUT2D eigenvalue weighted by atomic mass is 10.2. The van der Waals surface area contributed by atoms with E-state index >= 15 is 0 Å². The summed E-state index contributed by atoms with van der Waals surface area (Å²) >= 11 is 0. The first-order chi connectivity index (χ1) is 9.11. The molecule has 7 nitrogen and oxygen atoms in total. The zero-order chi connectivity index (χ0) is 13.8. The lowest BCUT2D eigenvalue weighted by Gasteiger charge is -2.12. The van der Waals surface area contributed by atoms with Crippen LogP contribution in [0, 0.1) is 0 Å². The maximum Gasteiger partial charge on any atom is 0.271 e.